The number of hydrogen-bond donors (Lipinski definition) is 1. The number of carbonyl (C=O) groups is 3. The Morgan fingerprint density at radius 3 is 2.53 bits per heavy atom. The molecule has 0 aromatic rings. The lowest BCUT2D eigenvalue weighted by molar-refractivity contribution is -0.150. The molecule has 1 fully saturated rings. The van der Waals surface area contributed by atoms with Gasteiger partial charge in [-0.2, -0.15) is 0 Å². The van der Waals surface area contributed by atoms with E-state index in [9.17, 15) is 14.4 Å². The Morgan fingerprint density at radius 2 is 2.00 bits per heavy atom. The molecule has 92 valence electrons. The SMILES string of the molecule is CC1=CC(=O)N(C2CCCCC2C(=O)O)C1=O. The number of hydrogen-bond acceptors (Lipinski definition) is 3. The molecule has 0 aromatic heterocycles. The van der Waals surface area contributed by atoms with Crippen molar-refractivity contribution < 1.29 is 19.5 Å². The highest BCUT2D eigenvalue weighted by atomic mass is 16.4. The number of imide groups is 1. The van der Waals surface area contributed by atoms with Crippen molar-refractivity contribution in [1.29, 1.82) is 0 Å². The van der Waals surface area contributed by atoms with E-state index in [0.29, 0.717) is 18.4 Å². The molecule has 2 rings (SSSR count). The molecule has 0 spiro atoms. The van der Waals surface area contributed by atoms with Gasteiger partial charge in [0, 0.05) is 11.6 Å². The molecule has 1 aliphatic heterocycles. The molecule has 2 amide bonds. The maximum Gasteiger partial charge on any atom is 0.308 e. The first-order chi connectivity index (χ1) is 8.02. The van der Waals surface area contributed by atoms with Crippen molar-refractivity contribution in [3.8, 4) is 0 Å². The zero-order valence-corrected chi connectivity index (χ0v) is 9.68. The van der Waals surface area contributed by atoms with Gasteiger partial charge in [0.1, 0.15) is 0 Å². The third-order valence-electron chi connectivity index (χ3n) is 3.51. The van der Waals surface area contributed by atoms with Crippen LogP contribution >= 0.6 is 0 Å². The molecule has 0 radical (unpaired) electrons. The van der Waals surface area contributed by atoms with Crippen LogP contribution < -0.4 is 0 Å². The normalized spacial score (nSPS) is 29.5. The fourth-order valence-electron chi connectivity index (χ4n) is 2.63. The van der Waals surface area contributed by atoms with E-state index in [4.69, 9.17) is 5.11 Å². The largest absolute Gasteiger partial charge is 0.481 e. The van der Waals surface area contributed by atoms with Gasteiger partial charge in [0.05, 0.1) is 12.0 Å². The summed E-state index contributed by atoms with van der Waals surface area (Å²) in [6.45, 7) is 1.58. The van der Waals surface area contributed by atoms with Crippen LogP contribution in [0.1, 0.15) is 32.6 Å². The highest BCUT2D eigenvalue weighted by Gasteiger charge is 2.42. The molecule has 5 heteroatoms. The molecule has 17 heavy (non-hydrogen) atoms. The molecule has 0 saturated heterocycles. The smallest absolute Gasteiger partial charge is 0.308 e. The van der Waals surface area contributed by atoms with Crippen LogP contribution in [0.5, 0.6) is 0 Å². The third kappa shape index (κ3) is 1.97. The Bertz CT molecular complexity index is 413. The molecule has 2 atom stereocenters. The summed E-state index contributed by atoms with van der Waals surface area (Å²) in [4.78, 5) is 35.8. The summed E-state index contributed by atoms with van der Waals surface area (Å²) in [6.07, 6.45) is 4.13. The van der Waals surface area contributed by atoms with Gasteiger partial charge in [-0.3, -0.25) is 19.3 Å². The summed E-state index contributed by atoms with van der Waals surface area (Å²) < 4.78 is 0. The lowest BCUT2D eigenvalue weighted by atomic mass is 9.83. The number of carbonyl (C=O) groups excluding carboxylic acids is 2. The van der Waals surface area contributed by atoms with Gasteiger partial charge in [0.2, 0.25) is 0 Å². The van der Waals surface area contributed by atoms with E-state index in [2.05, 4.69) is 0 Å². The van der Waals surface area contributed by atoms with Crippen molar-refractivity contribution in [1.82, 2.24) is 4.90 Å². The van der Waals surface area contributed by atoms with Crippen molar-refractivity contribution in [2.24, 2.45) is 5.92 Å². The zero-order chi connectivity index (χ0) is 12.6. The third-order valence-corrected chi connectivity index (χ3v) is 3.51. The van der Waals surface area contributed by atoms with Crippen molar-refractivity contribution in [3.05, 3.63) is 11.6 Å². The first-order valence-electron chi connectivity index (χ1n) is 5.81. The van der Waals surface area contributed by atoms with Crippen LogP contribution in [0.2, 0.25) is 0 Å². The second-order valence-corrected chi connectivity index (χ2v) is 4.64. The lowest BCUT2D eigenvalue weighted by Crippen LogP contribution is -2.48. The molecule has 0 bridgehead atoms. The van der Waals surface area contributed by atoms with Crippen LogP contribution in [0.25, 0.3) is 0 Å². The molecule has 2 aliphatic rings. The topological polar surface area (TPSA) is 74.7 Å². The van der Waals surface area contributed by atoms with Crippen molar-refractivity contribution in [2.75, 3.05) is 0 Å². The summed E-state index contributed by atoms with van der Waals surface area (Å²) in [5.74, 6) is -2.24. The molecule has 2 unspecified atom stereocenters. The number of carboxylic acids is 1. The van der Waals surface area contributed by atoms with E-state index < -0.39 is 17.9 Å². The molecular weight excluding hydrogens is 222 g/mol. The predicted octanol–water partition coefficient (Wildman–Crippen LogP) is 0.945. The van der Waals surface area contributed by atoms with E-state index >= 15 is 0 Å². The minimum absolute atomic E-state index is 0.340. The fourth-order valence-corrected chi connectivity index (χ4v) is 2.63. The van der Waals surface area contributed by atoms with Crippen LogP contribution in [0.4, 0.5) is 0 Å². The highest BCUT2D eigenvalue weighted by Crippen LogP contribution is 2.31. The maximum atomic E-state index is 11.8. The number of nitrogens with zero attached hydrogens (tertiary/aromatic N) is 1. The van der Waals surface area contributed by atoms with Crippen molar-refractivity contribution in [2.45, 2.75) is 38.6 Å². The Labute approximate surface area is 99.1 Å². The molecular formula is C12H15NO4. The highest BCUT2D eigenvalue weighted by molar-refractivity contribution is 6.16. The monoisotopic (exact) mass is 237 g/mol. The fraction of sp³-hybridized carbons (Fsp3) is 0.583. The Kier molecular flexibility index (Phi) is 3.00. The maximum absolute atomic E-state index is 11.8. The number of rotatable bonds is 2. The standard InChI is InChI=1S/C12H15NO4/c1-7-6-10(14)13(11(7)15)9-5-3-2-4-8(9)12(16)17/h6,8-9H,2-5H2,1H3,(H,16,17). The number of aliphatic carboxylic acids is 1. The second-order valence-electron chi connectivity index (χ2n) is 4.64. The van der Waals surface area contributed by atoms with Gasteiger partial charge in [-0.05, 0) is 19.8 Å². The van der Waals surface area contributed by atoms with Crippen LogP contribution in [0.15, 0.2) is 11.6 Å². The van der Waals surface area contributed by atoms with Crippen LogP contribution in [0, 0.1) is 5.92 Å². The van der Waals surface area contributed by atoms with Crippen LogP contribution in [-0.2, 0) is 14.4 Å². The first kappa shape index (κ1) is 11.8. The summed E-state index contributed by atoms with van der Waals surface area (Å²) in [6, 6.07) is -0.477. The van der Waals surface area contributed by atoms with E-state index in [0.717, 1.165) is 17.7 Å². The second kappa shape index (κ2) is 4.31. The van der Waals surface area contributed by atoms with Crippen LogP contribution in [-0.4, -0.2) is 33.8 Å². The van der Waals surface area contributed by atoms with E-state index in [1.54, 1.807) is 6.92 Å². The van der Waals surface area contributed by atoms with Gasteiger partial charge < -0.3 is 5.11 Å². The number of carboxylic acid groups (broad SMARTS) is 1. The quantitative estimate of drug-likeness (QED) is 0.725. The molecule has 0 aromatic carbocycles. The zero-order valence-electron chi connectivity index (χ0n) is 9.68. The minimum Gasteiger partial charge on any atom is -0.481 e. The molecule has 1 N–H and O–H groups in total. The van der Waals surface area contributed by atoms with Gasteiger partial charge in [0.15, 0.2) is 0 Å². The van der Waals surface area contributed by atoms with E-state index in [1.165, 1.54) is 6.08 Å². The van der Waals surface area contributed by atoms with Gasteiger partial charge in [-0.25, -0.2) is 0 Å². The Hall–Kier alpha value is -1.65. The summed E-state index contributed by atoms with van der Waals surface area (Å²) in [5, 5.41) is 9.14. The van der Waals surface area contributed by atoms with Gasteiger partial charge >= 0.3 is 5.97 Å². The van der Waals surface area contributed by atoms with E-state index in [1.807, 2.05) is 0 Å². The average molecular weight is 237 g/mol. The van der Waals surface area contributed by atoms with Crippen molar-refractivity contribution >= 4 is 17.8 Å². The van der Waals surface area contributed by atoms with Gasteiger partial charge in [-0.1, -0.05) is 12.8 Å². The summed E-state index contributed by atoms with van der Waals surface area (Å²) >= 11 is 0. The van der Waals surface area contributed by atoms with E-state index in [-0.39, 0.29) is 11.8 Å². The minimum atomic E-state index is -0.917. The lowest BCUT2D eigenvalue weighted by Gasteiger charge is -2.34. The summed E-state index contributed by atoms with van der Waals surface area (Å²) in [5.41, 5.74) is 0.393. The van der Waals surface area contributed by atoms with Gasteiger partial charge in [0.25, 0.3) is 11.8 Å². The molecule has 1 heterocycles. The van der Waals surface area contributed by atoms with Crippen molar-refractivity contribution in [3.63, 3.8) is 0 Å². The first-order valence-corrected chi connectivity index (χ1v) is 5.81. The van der Waals surface area contributed by atoms with Gasteiger partial charge in [-0.15, -0.1) is 0 Å². The Balaban J connectivity index is 2.24. The number of amides is 2. The Morgan fingerprint density at radius 1 is 1.35 bits per heavy atom. The molecule has 5 nitrogen and oxygen atoms in total. The predicted molar refractivity (Wildman–Crippen MR) is 59.0 cm³/mol. The summed E-state index contributed by atoms with van der Waals surface area (Å²) in [7, 11) is 0. The van der Waals surface area contributed by atoms with Crippen LogP contribution in [0.3, 0.4) is 0 Å². The molecule has 1 aliphatic carbocycles. The average Bonchev–Trinajstić information content (AvgIpc) is 2.53. The molecule has 1 saturated carbocycles.